The number of ether oxygens (including phenoxy) is 2. The molecule has 0 spiro atoms. The molecule has 0 saturated heterocycles. The van der Waals surface area contributed by atoms with Crippen molar-refractivity contribution in [1.29, 1.82) is 0 Å². The lowest BCUT2D eigenvalue weighted by Gasteiger charge is -2.10. The Bertz CT molecular complexity index is 665. The number of aldehydes is 1. The molecule has 0 atom stereocenters. The van der Waals surface area contributed by atoms with E-state index in [1.165, 1.54) is 0 Å². The van der Waals surface area contributed by atoms with Crippen molar-refractivity contribution in [3.05, 3.63) is 65.5 Å². The second kappa shape index (κ2) is 7.38. The molecular formula is C17H17NO4. The lowest BCUT2D eigenvalue weighted by molar-refractivity contribution is 0.111. The van der Waals surface area contributed by atoms with Crippen LogP contribution in [-0.4, -0.2) is 23.5 Å². The number of benzene rings is 1. The van der Waals surface area contributed by atoms with Crippen LogP contribution in [-0.2, 0) is 18.0 Å². The Hall–Kier alpha value is -2.66. The van der Waals surface area contributed by atoms with Gasteiger partial charge in [0.1, 0.15) is 18.1 Å². The van der Waals surface area contributed by atoms with E-state index >= 15 is 0 Å². The Morgan fingerprint density at radius 3 is 2.77 bits per heavy atom. The van der Waals surface area contributed by atoms with Crippen LogP contribution in [0, 0.1) is 0 Å². The van der Waals surface area contributed by atoms with Crippen molar-refractivity contribution in [2.75, 3.05) is 7.11 Å². The highest BCUT2D eigenvalue weighted by Crippen LogP contribution is 2.20. The predicted molar refractivity (Wildman–Crippen MR) is 82.4 cm³/mol. The fraction of sp³-hybridized carbons (Fsp3) is 0.176. The van der Waals surface area contributed by atoms with Gasteiger partial charge in [0.15, 0.2) is 6.29 Å². The van der Waals surface area contributed by atoms with Gasteiger partial charge in [0.2, 0.25) is 0 Å². The zero-order valence-electron chi connectivity index (χ0n) is 12.3. The van der Waals surface area contributed by atoms with Crippen LogP contribution in [0.4, 0.5) is 0 Å². The van der Waals surface area contributed by atoms with E-state index < -0.39 is 0 Å². The smallest absolute Gasteiger partial charge is 0.153 e. The summed E-state index contributed by atoms with van der Waals surface area (Å²) in [6.45, 7) is 3.87. The zero-order valence-corrected chi connectivity index (χ0v) is 12.3. The number of aromatic nitrogens is 1. The van der Waals surface area contributed by atoms with Crippen LogP contribution in [0.25, 0.3) is 5.76 Å². The normalized spacial score (nSPS) is 10.1. The van der Waals surface area contributed by atoms with Gasteiger partial charge in [0, 0.05) is 11.8 Å². The van der Waals surface area contributed by atoms with Crippen LogP contribution in [0.3, 0.4) is 0 Å². The summed E-state index contributed by atoms with van der Waals surface area (Å²) >= 11 is 0. The first-order chi connectivity index (χ1) is 10.7. The average molecular weight is 299 g/mol. The van der Waals surface area contributed by atoms with Crippen molar-refractivity contribution in [3.63, 3.8) is 0 Å². The Morgan fingerprint density at radius 2 is 2.18 bits per heavy atom. The standard InChI is InChI=1S/C17H17NO4/c1-12(21-2)14-4-5-16(18-8-14)11-22-17-6-3-13(9-19)7-15(17)10-20/h3-8,10,19H,1,9,11H2,2H3. The SMILES string of the molecule is C=C(OC)c1ccc(COc2ccc(CO)cc2C=O)nc1. The zero-order chi connectivity index (χ0) is 15.9. The first-order valence-electron chi connectivity index (χ1n) is 6.68. The van der Waals surface area contributed by atoms with Gasteiger partial charge in [-0.3, -0.25) is 9.78 Å². The third kappa shape index (κ3) is 3.71. The summed E-state index contributed by atoms with van der Waals surface area (Å²) in [6, 6.07) is 8.62. The average Bonchev–Trinajstić information content (AvgIpc) is 2.59. The highest BCUT2D eigenvalue weighted by atomic mass is 16.5. The molecule has 0 unspecified atom stereocenters. The molecule has 0 amide bonds. The van der Waals surface area contributed by atoms with Crippen molar-refractivity contribution in [2.24, 2.45) is 0 Å². The summed E-state index contributed by atoms with van der Waals surface area (Å²) < 4.78 is 10.6. The van der Waals surface area contributed by atoms with Crippen LogP contribution in [0.1, 0.15) is 27.2 Å². The maximum absolute atomic E-state index is 11.1. The van der Waals surface area contributed by atoms with E-state index in [-0.39, 0.29) is 13.2 Å². The molecule has 1 aromatic carbocycles. The molecular weight excluding hydrogens is 282 g/mol. The van der Waals surface area contributed by atoms with Crippen molar-refractivity contribution in [2.45, 2.75) is 13.2 Å². The van der Waals surface area contributed by atoms with E-state index in [1.54, 1.807) is 31.5 Å². The van der Waals surface area contributed by atoms with E-state index in [9.17, 15) is 4.79 Å². The second-order valence-electron chi connectivity index (χ2n) is 4.60. The highest BCUT2D eigenvalue weighted by molar-refractivity contribution is 5.79. The van der Waals surface area contributed by atoms with Crippen molar-refractivity contribution in [3.8, 4) is 5.75 Å². The number of carbonyl (C=O) groups excluding carboxylic acids is 1. The topological polar surface area (TPSA) is 68.7 Å². The molecule has 1 heterocycles. The molecule has 22 heavy (non-hydrogen) atoms. The van der Waals surface area contributed by atoms with Gasteiger partial charge in [0.05, 0.1) is 25.0 Å². The molecule has 5 heteroatoms. The summed E-state index contributed by atoms with van der Waals surface area (Å²) in [4.78, 5) is 15.3. The summed E-state index contributed by atoms with van der Waals surface area (Å²) in [7, 11) is 1.55. The first-order valence-corrected chi connectivity index (χ1v) is 6.68. The number of aliphatic hydroxyl groups is 1. The van der Waals surface area contributed by atoms with Gasteiger partial charge in [-0.25, -0.2) is 0 Å². The number of rotatable bonds is 7. The molecule has 114 valence electrons. The van der Waals surface area contributed by atoms with E-state index in [4.69, 9.17) is 14.6 Å². The van der Waals surface area contributed by atoms with Crippen molar-refractivity contribution >= 4 is 12.0 Å². The molecule has 1 aromatic heterocycles. The van der Waals surface area contributed by atoms with E-state index in [1.807, 2.05) is 12.1 Å². The van der Waals surface area contributed by atoms with Gasteiger partial charge in [-0.2, -0.15) is 0 Å². The molecule has 0 aliphatic rings. The van der Waals surface area contributed by atoms with Gasteiger partial charge in [0.25, 0.3) is 0 Å². The third-order valence-electron chi connectivity index (χ3n) is 3.15. The van der Waals surface area contributed by atoms with Gasteiger partial charge in [-0.1, -0.05) is 12.6 Å². The second-order valence-corrected chi connectivity index (χ2v) is 4.60. The van der Waals surface area contributed by atoms with Crippen LogP contribution in [0.5, 0.6) is 5.75 Å². The Morgan fingerprint density at radius 1 is 1.36 bits per heavy atom. The van der Waals surface area contributed by atoms with E-state index in [2.05, 4.69) is 11.6 Å². The van der Waals surface area contributed by atoms with Crippen LogP contribution >= 0.6 is 0 Å². The Balaban J connectivity index is 2.06. The monoisotopic (exact) mass is 299 g/mol. The maximum Gasteiger partial charge on any atom is 0.153 e. The number of nitrogens with zero attached hydrogens (tertiary/aromatic N) is 1. The number of pyridine rings is 1. The molecule has 1 N–H and O–H groups in total. The fourth-order valence-electron chi connectivity index (χ4n) is 1.86. The number of hydrogen-bond donors (Lipinski definition) is 1. The lowest BCUT2D eigenvalue weighted by Crippen LogP contribution is -2.01. The molecule has 2 rings (SSSR count). The third-order valence-corrected chi connectivity index (χ3v) is 3.15. The molecule has 0 aliphatic carbocycles. The largest absolute Gasteiger partial charge is 0.497 e. The number of aliphatic hydroxyl groups excluding tert-OH is 1. The summed E-state index contributed by atoms with van der Waals surface area (Å²) in [5.74, 6) is 1.00. The highest BCUT2D eigenvalue weighted by Gasteiger charge is 2.06. The molecule has 0 radical (unpaired) electrons. The van der Waals surface area contributed by atoms with Crippen LogP contribution < -0.4 is 4.74 Å². The quantitative estimate of drug-likeness (QED) is 0.628. The van der Waals surface area contributed by atoms with Crippen LogP contribution in [0.2, 0.25) is 0 Å². The number of methoxy groups -OCH3 is 1. The number of carbonyl (C=O) groups is 1. The van der Waals surface area contributed by atoms with Gasteiger partial charge in [-0.05, 0) is 29.8 Å². The molecule has 5 nitrogen and oxygen atoms in total. The minimum Gasteiger partial charge on any atom is -0.497 e. The Labute approximate surface area is 128 Å². The predicted octanol–water partition coefficient (Wildman–Crippen LogP) is 2.58. The van der Waals surface area contributed by atoms with Crippen molar-refractivity contribution in [1.82, 2.24) is 4.98 Å². The van der Waals surface area contributed by atoms with E-state index in [0.29, 0.717) is 28.9 Å². The van der Waals surface area contributed by atoms with Crippen LogP contribution in [0.15, 0.2) is 43.1 Å². The summed E-state index contributed by atoms with van der Waals surface area (Å²) in [5.41, 5.74) is 2.58. The maximum atomic E-state index is 11.1. The van der Waals surface area contributed by atoms with E-state index in [0.717, 1.165) is 11.3 Å². The summed E-state index contributed by atoms with van der Waals surface area (Å²) in [6.07, 6.45) is 2.35. The number of hydrogen-bond acceptors (Lipinski definition) is 5. The molecule has 0 fully saturated rings. The first kappa shape index (κ1) is 15.7. The minimum absolute atomic E-state index is 0.118. The fourth-order valence-corrected chi connectivity index (χ4v) is 1.86. The molecule has 0 aliphatic heterocycles. The molecule has 0 bridgehead atoms. The van der Waals surface area contributed by atoms with Gasteiger partial charge >= 0.3 is 0 Å². The lowest BCUT2D eigenvalue weighted by atomic mass is 10.1. The minimum atomic E-state index is -0.118. The van der Waals surface area contributed by atoms with Gasteiger partial charge < -0.3 is 14.6 Å². The molecule has 0 saturated carbocycles. The summed E-state index contributed by atoms with van der Waals surface area (Å²) in [5, 5.41) is 9.06. The molecule has 2 aromatic rings. The van der Waals surface area contributed by atoms with Gasteiger partial charge in [-0.15, -0.1) is 0 Å². The van der Waals surface area contributed by atoms with Crippen molar-refractivity contribution < 1.29 is 19.4 Å². The Kier molecular flexibility index (Phi) is 5.27.